The van der Waals surface area contributed by atoms with Crippen molar-refractivity contribution in [2.45, 2.75) is 12.5 Å². The van der Waals surface area contributed by atoms with Gasteiger partial charge in [-0.05, 0) is 28.8 Å². The summed E-state index contributed by atoms with van der Waals surface area (Å²) in [5, 5.41) is 0. The minimum atomic E-state index is -0.490. The number of nitrogen functional groups attached to an aromatic ring is 1. The van der Waals surface area contributed by atoms with Crippen LogP contribution in [0.15, 0.2) is 85.2 Å². The molecular weight excluding hydrogens is 506 g/mol. The van der Waals surface area contributed by atoms with E-state index in [2.05, 4.69) is 36.7 Å². The molecule has 0 atom stereocenters. The predicted molar refractivity (Wildman–Crippen MR) is 153 cm³/mol. The lowest BCUT2D eigenvalue weighted by Crippen LogP contribution is -2.46. The summed E-state index contributed by atoms with van der Waals surface area (Å²) in [6, 6.07) is 25.4. The molecule has 0 unspecified atom stereocenters. The Kier molecular flexibility index (Phi) is 7.32. The Morgan fingerprint density at radius 3 is 2.25 bits per heavy atom. The second-order valence-electron chi connectivity index (χ2n) is 9.78. The third kappa shape index (κ3) is 5.48. The van der Waals surface area contributed by atoms with Gasteiger partial charge in [0, 0.05) is 32.7 Å². The Bertz CT molecular complexity index is 1420. The van der Waals surface area contributed by atoms with Crippen LogP contribution in [0.1, 0.15) is 22.6 Å². The molecule has 2 aliphatic heterocycles. The summed E-state index contributed by atoms with van der Waals surface area (Å²) in [6.45, 7) is 4.34. The predicted octanol–water partition coefficient (Wildman–Crippen LogP) is 3.38. The molecule has 3 aromatic carbocycles. The molecule has 4 N–H and O–H groups in total. The molecule has 40 heavy (non-hydrogen) atoms. The Morgan fingerprint density at radius 2 is 1.55 bits per heavy atom. The molecule has 10 heteroatoms. The summed E-state index contributed by atoms with van der Waals surface area (Å²) >= 11 is 0. The van der Waals surface area contributed by atoms with E-state index in [0.29, 0.717) is 17.3 Å². The summed E-state index contributed by atoms with van der Waals surface area (Å²) in [6.07, 6.45) is 1.46. The normalized spacial score (nSPS) is 14.8. The molecule has 0 saturated carbocycles. The van der Waals surface area contributed by atoms with Gasteiger partial charge in [-0.1, -0.05) is 66.7 Å². The van der Waals surface area contributed by atoms with E-state index < -0.39 is 5.92 Å². The van der Waals surface area contributed by atoms with E-state index >= 15 is 0 Å². The van der Waals surface area contributed by atoms with E-state index in [1.807, 2.05) is 72.8 Å². The lowest BCUT2D eigenvalue weighted by Gasteiger charge is -2.36. The monoisotopic (exact) mass is 537 g/mol. The summed E-state index contributed by atoms with van der Waals surface area (Å²) in [7, 11) is 0. The van der Waals surface area contributed by atoms with Crippen LogP contribution in [0.3, 0.4) is 0 Å². The van der Waals surface area contributed by atoms with Gasteiger partial charge in [-0.25, -0.2) is 9.97 Å². The van der Waals surface area contributed by atoms with Gasteiger partial charge in [0.25, 0.3) is 0 Å². The number of ether oxygens (including phenoxy) is 2. The minimum Gasteiger partial charge on any atom is -0.454 e. The van der Waals surface area contributed by atoms with Gasteiger partial charge in [0.1, 0.15) is 12.0 Å². The van der Waals surface area contributed by atoms with E-state index in [1.165, 1.54) is 11.9 Å². The number of hydrogen-bond acceptors (Lipinski definition) is 9. The van der Waals surface area contributed by atoms with Gasteiger partial charge in [-0.3, -0.25) is 20.5 Å². The SMILES string of the molecule is Nc1c(NNC(=O)C(c2ccccc2)c2ccccc2)ncnc1N1CCN(Cc2ccc3c(c2)OCO3)CC1. The van der Waals surface area contributed by atoms with Crippen LogP contribution in [-0.4, -0.2) is 53.7 Å². The molecule has 0 bridgehead atoms. The zero-order valence-electron chi connectivity index (χ0n) is 22.0. The quantitative estimate of drug-likeness (QED) is 0.291. The number of aromatic nitrogens is 2. The minimum absolute atomic E-state index is 0.214. The van der Waals surface area contributed by atoms with E-state index in [0.717, 1.165) is 55.3 Å². The van der Waals surface area contributed by atoms with Crippen LogP contribution in [0.5, 0.6) is 11.5 Å². The zero-order valence-corrected chi connectivity index (χ0v) is 22.0. The summed E-state index contributed by atoms with van der Waals surface area (Å²) in [4.78, 5) is 26.7. The van der Waals surface area contributed by atoms with Crippen molar-refractivity contribution < 1.29 is 14.3 Å². The number of nitrogens with one attached hydrogen (secondary N) is 2. The molecule has 3 heterocycles. The molecule has 0 radical (unpaired) electrons. The van der Waals surface area contributed by atoms with Gasteiger partial charge >= 0.3 is 0 Å². The largest absolute Gasteiger partial charge is 0.454 e. The molecule has 1 fully saturated rings. The molecular formula is C30H31N7O3. The van der Waals surface area contributed by atoms with Crippen molar-refractivity contribution in [2.24, 2.45) is 0 Å². The Balaban J connectivity index is 1.09. The van der Waals surface area contributed by atoms with Crippen LogP contribution < -0.4 is 31.0 Å². The molecule has 1 saturated heterocycles. The first-order chi connectivity index (χ1) is 19.7. The van der Waals surface area contributed by atoms with Crippen molar-refractivity contribution in [3.8, 4) is 11.5 Å². The van der Waals surface area contributed by atoms with Crippen molar-refractivity contribution >= 4 is 23.2 Å². The van der Waals surface area contributed by atoms with Gasteiger partial charge in [0.2, 0.25) is 12.7 Å². The third-order valence-corrected chi connectivity index (χ3v) is 7.21. The van der Waals surface area contributed by atoms with Crippen LogP contribution in [0.2, 0.25) is 0 Å². The molecule has 0 aliphatic carbocycles. The lowest BCUT2D eigenvalue weighted by molar-refractivity contribution is -0.121. The number of carbonyl (C=O) groups is 1. The van der Waals surface area contributed by atoms with Gasteiger partial charge in [-0.2, -0.15) is 0 Å². The van der Waals surface area contributed by atoms with Crippen molar-refractivity contribution in [3.63, 3.8) is 0 Å². The number of rotatable bonds is 8. The lowest BCUT2D eigenvalue weighted by atomic mass is 9.91. The Labute approximate surface area is 232 Å². The summed E-state index contributed by atoms with van der Waals surface area (Å²) < 4.78 is 10.9. The second kappa shape index (κ2) is 11.5. The summed E-state index contributed by atoms with van der Waals surface area (Å²) in [5.41, 5.74) is 15.6. The van der Waals surface area contributed by atoms with E-state index in [1.54, 1.807) is 0 Å². The number of piperazine rings is 1. The average Bonchev–Trinajstić information content (AvgIpc) is 3.47. The summed E-state index contributed by atoms with van der Waals surface area (Å²) in [5.74, 6) is 1.91. The van der Waals surface area contributed by atoms with Crippen molar-refractivity contribution in [3.05, 3.63) is 102 Å². The molecule has 10 nitrogen and oxygen atoms in total. The van der Waals surface area contributed by atoms with Gasteiger partial charge in [-0.15, -0.1) is 0 Å². The zero-order chi connectivity index (χ0) is 27.3. The van der Waals surface area contributed by atoms with Crippen molar-refractivity contribution in [1.82, 2.24) is 20.3 Å². The highest BCUT2D eigenvalue weighted by molar-refractivity contribution is 5.88. The fraction of sp³-hybridized carbons (Fsp3) is 0.233. The molecule has 1 amide bonds. The van der Waals surface area contributed by atoms with Crippen LogP contribution in [-0.2, 0) is 11.3 Å². The number of benzene rings is 3. The Morgan fingerprint density at radius 1 is 0.875 bits per heavy atom. The highest BCUT2D eigenvalue weighted by atomic mass is 16.7. The highest BCUT2D eigenvalue weighted by Crippen LogP contribution is 2.33. The molecule has 6 rings (SSSR count). The maximum atomic E-state index is 13.4. The first-order valence-corrected chi connectivity index (χ1v) is 13.3. The first-order valence-electron chi connectivity index (χ1n) is 13.3. The number of hydrazine groups is 1. The van der Waals surface area contributed by atoms with Crippen LogP contribution in [0.25, 0.3) is 0 Å². The fourth-order valence-electron chi connectivity index (χ4n) is 5.13. The second-order valence-corrected chi connectivity index (χ2v) is 9.78. The number of anilines is 3. The number of amides is 1. The van der Waals surface area contributed by atoms with Crippen LogP contribution in [0, 0.1) is 0 Å². The standard InChI is InChI=1S/C30H31N7O3/c31-27-28(34-35-30(38)26(22-7-3-1-4-8-22)23-9-5-2-6-10-23)32-19-33-29(27)37-15-13-36(14-16-37)18-21-11-12-24-25(17-21)40-20-39-24/h1-12,17,19,26H,13-16,18,20,31H2,(H,35,38)(H,32,33,34). The van der Waals surface area contributed by atoms with Crippen LogP contribution >= 0.6 is 0 Å². The molecule has 2 aliphatic rings. The molecule has 204 valence electrons. The van der Waals surface area contributed by atoms with Gasteiger partial charge < -0.3 is 20.1 Å². The van der Waals surface area contributed by atoms with Crippen LogP contribution in [0.4, 0.5) is 17.3 Å². The number of hydrogen-bond donors (Lipinski definition) is 3. The number of nitrogens with zero attached hydrogens (tertiary/aromatic N) is 4. The number of nitrogens with two attached hydrogens (primary N) is 1. The first kappa shape index (κ1) is 25.4. The topological polar surface area (TPSA) is 118 Å². The van der Waals surface area contributed by atoms with E-state index in [4.69, 9.17) is 15.2 Å². The van der Waals surface area contributed by atoms with Gasteiger partial charge in [0.05, 0.1) is 5.92 Å². The van der Waals surface area contributed by atoms with E-state index in [-0.39, 0.29) is 12.7 Å². The Hall–Kier alpha value is -4.83. The fourth-order valence-corrected chi connectivity index (χ4v) is 5.13. The smallest absolute Gasteiger partial charge is 0.250 e. The van der Waals surface area contributed by atoms with E-state index in [9.17, 15) is 4.79 Å². The molecule has 0 spiro atoms. The molecule has 1 aromatic heterocycles. The highest BCUT2D eigenvalue weighted by Gasteiger charge is 2.25. The third-order valence-electron chi connectivity index (χ3n) is 7.21. The van der Waals surface area contributed by atoms with Crippen molar-refractivity contribution in [1.29, 1.82) is 0 Å². The number of fused-ring (bicyclic) bond motifs is 1. The number of carbonyl (C=O) groups excluding carboxylic acids is 1. The average molecular weight is 538 g/mol. The maximum absolute atomic E-state index is 13.4. The maximum Gasteiger partial charge on any atom is 0.250 e. The van der Waals surface area contributed by atoms with Crippen molar-refractivity contribution in [2.75, 3.05) is 49.0 Å². The molecule has 4 aromatic rings. The van der Waals surface area contributed by atoms with Gasteiger partial charge in [0.15, 0.2) is 23.1 Å².